The molecule has 178 valence electrons. The number of nitrogens with two attached hydrogens (primary N) is 1. The molecule has 0 aromatic carbocycles. The van der Waals surface area contributed by atoms with Gasteiger partial charge in [0.15, 0.2) is 0 Å². The molecule has 2 aliphatic heterocycles. The van der Waals surface area contributed by atoms with Gasteiger partial charge in [0.1, 0.15) is 0 Å². The third-order valence-corrected chi connectivity index (χ3v) is 6.78. The highest BCUT2D eigenvalue weighted by Gasteiger charge is 2.28. The van der Waals surface area contributed by atoms with E-state index in [-0.39, 0.29) is 18.0 Å². The van der Waals surface area contributed by atoms with Crippen molar-refractivity contribution in [1.82, 2.24) is 15.1 Å². The minimum Gasteiger partial charge on any atom is -0.384 e. The van der Waals surface area contributed by atoms with E-state index < -0.39 is 0 Å². The summed E-state index contributed by atoms with van der Waals surface area (Å²) in [6.07, 6.45) is 21.3. The van der Waals surface area contributed by atoms with Crippen LogP contribution in [0.25, 0.3) is 0 Å². The molecule has 0 aromatic rings. The molecule has 2 unspecified atom stereocenters. The summed E-state index contributed by atoms with van der Waals surface area (Å²) in [6.45, 7) is 3.22. The zero-order chi connectivity index (χ0) is 23.0. The lowest BCUT2D eigenvalue weighted by molar-refractivity contribution is -0.118. The van der Waals surface area contributed by atoms with Gasteiger partial charge >= 0.3 is 6.03 Å². The number of urea groups is 1. The van der Waals surface area contributed by atoms with Crippen LogP contribution in [0.3, 0.4) is 0 Å². The predicted molar refractivity (Wildman–Crippen MR) is 129 cm³/mol. The van der Waals surface area contributed by atoms with E-state index in [1.165, 1.54) is 16.7 Å². The van der Waals surface area contributed by atoms with Gasteiger partial charge in [-0.05, 0) is 60.8 Å². The van der Waals surface area contributed by atoms with Crippen LogP contribution in [0, 0.1) is 0 Å². The lowest BCUT2D eigenvalue weighted by atomic mass is 9.89. The third-order valence-electron chi connectivity index (χ3n) is 6.78. The summed E-state index contributed by atoms with van der Waals surface area (Å²) >= 11 is 0. The number of fused-ring (bicyclic) bond motifs is 1. The minimum atomic E-state index is -0.242. The number of morpholine rings is 1. The van der Waals surface area contributed by atoms with Gasteiger partial charge in [-0.1, -0.05) is 37.1 Å². The predicted octanol–water partition coefficient (Wildman–Crippen LogP) is 3.17. The number of nitrogens with zero attached hydrogens (tertiary/aromatic N) is 2. The molecule has 4 aliphatic rings. The van der Waals surface area contributed by atoms with Crippen LogP contribution in [0.1, 0.15) is 44.9 Å². The van der Waals surface area contributed by atoms with Crippen LogP contribution in [-0.4, -0.2) is 66.7 Å². The van der Waals surface area contributed by atoms with Crippen molar-refractivity contribution in [3.05, 3.63) is 59.4 Å². The van der Waals surface area contributed by atoms with Crippen molar-refractivity contribution < 1.29 is 14.3 Å². The number of primary amides is 1. The van der Waals surface area contributed by atoms with Crippen molar-refractivity contribution in [3.63, 3.8) is 0 Å². The molecule has 0 saturated carbocycles. The van der Waals surface area contributed by atoms with Gasteiger partial charge in [0.05, 0.1) is 25.3 Å². The smallest absolute Gasteiger partial charge is 0.320 e. The maximum absolute atomic E-state index is 13.4. The monoisotopic (exact) mass is 452 g/mol. The molecule has 0 bridgehead atoms. The molecule has 7 nitrogen and oxygen atoms in total. The topological polar surface area (TPSA) is 87.9 Å². The second-order valence-electron chi connectivity index (χ2n) is 9.12. The summed E-state index contributed by atoms with van der Waals surface area (Å²) in [5.41, 5.74) is 9.08. The lowest BCUT2D eigenvalue weighted by Crippen LogP contribution is -2.51. The fourth-order valence-electron chi connectivity index (χ4n) is 4.84. The number of unbranched alkanes of at least 4 members (excludes halogenated alkanes) is 3. The molecule has 2 atom stereocenters. The number of carbonyl (C=O) groups excluding carboxylic acids is 2. The van der Waals surface area contributed by atoms with Crippen molar-refractivity contribution in [1.29, 1.82) is 0 Å². The van der Waals surface area contributed by atoms with E-state index in [9.17, 15) is 9.59 Å². The van der Waals surface area contributed by atoms with Crippen molar-refractivity contribution >= 4 is 11.9 Å². The number of allylic oxidation sites excluding steroid dienone is 4. The first-order valence-corrected chi connectivity index (χ1v) is 12.3. The van der Waals surface area contributed by atoms with Crippen LogP contribution in [0.2, 0.25) is 0 Å². The van der Waals surface area contributed by atoms with Crippen LogP contribution < -0.4 is 11.1 Å². The van der Waals surface area contributed by atoms with E-state index in [1.54, 1.807) is 0 Å². The Balaban J connectivity index is 1.36. The minimum absolute atomic E-state index is 0.0624. The molecule has 0 radical (unpaired) electrons. The molecular formula is C26H36N4O3. The number of ether oxygens (including phenoxy) is 1. The zero-order valence-electron chi connectivity index (χ0n) is 19.4. The fraction of sp³-hybridized carbons (Fsp3) is 0.538. The van der Waals surface area contributed by atoms with Gasteiger partial charge in [-0.3, -0.25) is 4.79 Å². The van der Waals surface area contributed by atoms with Gasteiger partial charge in [-0.25, -0.2) is 4.79 Å². The second kappa shape index (κ2) is 11.4. The first kappa shape index (κ1) is 23.4. The zero-order valence-corrected chi connectivity index (χ0v) is 19.4. The molecule has 0 spiro atoms. The average Bonchev–Trinajstić information content (AvgIpc) is 3.32. The van der Waals surface area contributed by atoms with Crippen molar-refractivity contribution in [2.45, 2.75) is 57.0 Å². The van der Waals surface area contributed by atoms with Crippen molar-refractivity contribution in [3.8, 4) is 0 Å². The average molecular weight is 453 g/mol. The van der Waals surface area contributed by atoms with Gasteiger partial charge < -0.3 is 25.6 Å². The number of carbonyl (C=O) groups is 2. The van der Waals surface area contributed by atoms with Crippen molar-refractivity contribution in [2.24, 2.45) is 5.73 Å². The number of nitrogens with one attached hydrogen (secondary N) is 1. The highest BCUT2D eigenvalue weighted by Crippen LogP contribution is 2.30. The number of rotatable bonds is 9. The Morgan fingerprint density at radius 3 is 2.61 bits per heavy atom. The Kier molecular flexibility index (Phi) is 8.05. The first-order valence-electron chi connectivity index (χ1n) is 12.3. The quantitative estimate of drug-likeness (QED) is 0.526. The third kappa shape index (κ3) is 6.16. The van der Waals surface area contributed by atoms with Crippen molar-refractivity contribution in [2.75, 3.05) is 32.8 Å². The van der Waals surface area contributed by atoms with Crippen LogP contribution in [0.15, 0.2) is 59.4 Å². The summed E-state index contributed by atoms with van der Waals surface area (Å²) in [7, 11) is 0. The first-order chi connectivity index (χ1) is 16.1. The van der Waals surface area contributed by atoms with E-state index in [0.29, 0.717) is 38.8 Å². The van der Waals surface area contributed by atoms with E-state index in [4.69, 9.17) is 10.5 Å². The molecule has 2 heterocycles. The van der Waals surface area contributed by atoms with Crippen LogP contribution in [0.5, 0.6) is 0 Å². The molecule has 0 aromatic heterocycles. The van der Waals surface area contributed by atoms with Crippen LogP contribution >= 0.6 is 0 Å². The molecule has 3 N–H and O–H groups in total. The van der Waals surface area contributed by atoms with E-state index in [2.05, 4.69) is 41.8 Å². The summed E-state index contributed by atoms with van der Waals surface area (Å²) in [5.74, 6) is -0.242. The van der Waals surface area contributed by atoms with Gasteiger partial charge in [0, 0.05) is 26.1 Å². The molecule has 3 amide bonds. The second-order valence-corrected chi connectivity index (χ2v) is 9.12. The molecule has 7 heteroatoms. The Labute approximate surface area is 196 Å². The lowest BCUT2D eigenvalue weighted by Gasteiger charge is -2.37. The molecule has 2 aliphatic carbocycles. The summed E-state index contributed by atoms with van der Waals surface area (Å²) in [6, 6.07) is 0.581. The summed E-state index contributed by atoms with van der Waals surface area (Å²) in [4.78, 5) is 28.2. The maximum Gasteiger partial charge on any atom is 0.320 e. The largest absolute Gasteiger partial charge is 0.384 e. The molecule has 1 saturated heterocycles. The van der Waals surface area contributed by atoms with E-state index in [0.717, 1.165) is 45.1 Å². The van der Waals surface area contributed by atoms with Crippen LogP contribution in [-0.2, 0) is 9.53 Å². The molecule has 1 fully saturated rings. The standard InChI is InChI=1S/C26H36N4O3/c27-25(31)5-3-1-2-4-14-30(26(32)29-15-17-33-18-16-29)23-9-6-20(7-10-23)21-8-11-24-22(19-21)12-13-28-24/h6-9,12-13,19,23-24,28H,1-5,10-11,14-18H2,(H2,27,31). The summed E-state index contributed by atoms with van der Waals surface area (Å²) in [5, 5.41) is 3.37. The molecular weight excluding hydrogens is 416 g/mol. The number of hydrogen-bond acceptors (Lipinski definition) is 4. The normalized spacial score (nSPS) is 23.9. The van der Waals surface area contributed by atoms with Gasteiger partial charge in [0.25, 0.3) is 0 Å². The maximum atomic E-state index is 13.4. The summed E-state index contributed by atoms with van der Waals surface area (Å²) < 4.78 is 5.44. The van der Waals surface area contributed by atoms with Crippen LogP contribution in [0.4, 0.5) is 4.79 Å². The van der Waals surface area contributed by atoms with Gasteiger partial charge in [-0.2, -0.15) is 0 Å². The number of amides is 3. The van der Waals surface area contributed by atoms with E-state index >= 15 is 0 Å². The molecule has 4 rings (SSSR count). The Hall–Kier alpha value is -2.80. The van der Waals surface area contributed by atoms with Gasteiger partial charge in [0.2, 0.25) is 5.91 Å². The van der Waals surface area contributed by atoms with Gasteiger partial charge in [-0.15, -0.1) is 0 Å². The number of hydrogen-bond donors (Lipinski definition) is 2. The Bertz CT molecular complexity index is 880. The Morgan fingerprint density at radius 1 is 1.06 bits per heavy atom. The SMILES string of the molecule is NC(=O)CCCCCCN(C(=O)N1CCOCC1)C1C=CC(C2=CCC3NC=CC3=C2)=CC1. The molecule has 33 heavy (non-hydrogen) atoms. The highest BCUT2D eigenvalue weighted by molar-refractivity contribution is 5.75. The highest BCUT2D eigenvalue weighted by atomic mass is 16.5. The fourth-order valence-corrected chi connectivity index (χ4v) is 4.84. The Morgan fingerprint density at radius 2 is 1.85 bits per heavy atom. The van der Waals surface area contributed by atoms with E-state index in [1.807, 2.05) is 16.0 Å².